The molecule has 4 rings (SSSR count). The first kappa shape index (κ1) is 21.1. The van der Waals surface area contributed by atoms with Crippen molar-refractivity contribution in [1.29, 1.82) is 0 Å². The largest absolute Gasteiger partial charge is 0.465 e. The van der Waals surface area contributed by atoms with E-state index in [4.69, 9.17) is 16.3 Å². The summed E-state index contributed by atoms with van der Waals surface area (Å²) in [6.45, 7) is 0.666. The number of benzene rings is 1. The van der Waals surface area contributed by atoms with Crippen LogP contribution in [0, 0.1) is 0 Å². The summed E-state index contributed by atoms with van der Waals surface area (Å²) in [5, 5.41) is 10.5. The zero-order valence-corrected chi connectivity index (χ0v) is 18.8. The zero-order chi connectivity index (χ0) is 21.3. The lowest BCUT2D eigenvalue weighted by molar-refractivity contribution is -0.0133. The number of halogens is 2. The van der Waals surface area contributed by atoms with Gasteiger partial charge in [0.15, 0.2) is 5.15 Å². The summed E-state index contributed by atoms with van der Waals surface area (Å²) < 4.78 is 8.01. The van der Waals surface area contributed by atoms with E-state index in [0.29, 0.717) is 41.3 Å². The first-order valence-electron chi connectivity index (χ1n) is 9.66. The molecule has 3 aromatic rings. The van der Waals surface area contributed by atoms with Crippen LogP contribution in [0.4, 0.5) is 4.79 Å². The molecular weight excluding hydrogens is 472 g/mol. The van der Waals surface area contributed by atoms with Gasteiger partial charge >= 0.3 is 6.09 Å². The van der Waals surface area contributed by atoms with E-state index in [0.717, 1.165) is 17.8 Å². The number of nitrogens with zero attached hydrogens (tertiary/aromatic N) is 4. The SMILES string of the molecule is COC[C@@]1(Cc2ccccc2)CC[C@@H](c2nc(Br)c3c(Cl)nccn23)CN1C(=O)O. The molecule has 1 aromatic carbocycles. The highest BCUT2D eigenvalue weighted by molar-refractivity contribution is 9.10. The number of imidazole rings is 1. The molecule has 1 saturated heterocycles. The second kappa shape index (κ2) is 8.53. The molecule has 30 heavy (non-hydrogen) atoms. The molecule has 1 aliphatic rings. The third kappa shape index (κ3) is 3.79. The number of amides is 1. The molecule has 2 atom stereocenters. The number of aromatic nitrogens is 3. The predicted molar refractivity (Wildman–Crippen MR) is 117 cm³/mol. The van der Waals surface area contributed by atoms with E-state index in [-0.39, 0.29) is 5.92 Å². The molecule has 0 aliphatic carbocycles. The molecule has 0 bridgehead atoms. The van der Waals surface area contributed by atoms with Gasteiger partial charge in [-0.3, -0.25) is 9.30 Å². The third-order valence-electron chi connectivity index (χ3n) is 5.81. The van der Waals surface area contributed by atoms with Crippen LogP contribution in [-0.4, -0.2) is 56.3 Å². The van der Waals surface area contributed by atoms with E-state index < -0.39 is 11.6 Å². The Balaban J connectivity index is 1.69. The lowest BCUT2D eigenvalue weighted by Gasteiger charge is -2.47. The van der Waals surface area contributed by atoms with Crippen LogP contribution < -0.4 is 0 Å². The lowest BCUT2D eigenvalue weighted by atomic mass is 9.78. The van der Waals surface area contributed by atoms with Gasteiger partial charge in [0.1, 0.15) is 15.9 Å². The van der Waals surface area contributed by atoms with E-state index in [1.165, 1.54) is 4.90 Å². The number of likely N-dealkylation sites (tertiary alicyclic amines) is 1. The highest BCUT2D eigenvalue weighted by Gasteiger charge is 2.46. The zero-order valence-electron chi connectivity index (χ0n) is 16.5. The van der Waals surface area contributed by atoms with Gasteiger partial charge in [0.2, 0.25) is 0 Å². The Morgan fingerprint density at radius 1 is 1.40 bits per heavy atom. The van der Waals surface area contributed by atoms with Crippen LogP contribution in [-0.2, 0) is 11.2 Å². The molecule has 0 spiro atoms. The number of ether oxygens (including phenoxy) is 1. The standard InChI is InChI=1S/C21H22BrClN4O3/c1-30-13-21(11-14-5-3-2-4-6-14)8-7-15(12-27(21)20(28)29)19-25-17(22)16-18(23)24-9-10-26(16)19/h2-6,9-10,15H,7-8,11-13H2,1H3,(H,28,29)/t15-,21+/m1/s1. The van der Waals surface area contributed by atoms with Gasteiger partial charge in [-0.2, -0.15) is 0 Å². The minimum absolute atomic E-state index is 0.0703. The minimum atomic E-state index is -0.952. The van der Waals surface area contributed by atoms with Crippen molar-refractivity contribution in [2.75, 3.05) is 20.3 Å². The molecule has 0 saturated carbocycles. The number of hydrogen-bond acceptors (Lipinski definition) is 4. The first-order chi connectivity index (χ1) is 14.4. The summed E-state index contributed by atoms with van der Waals surface area (Å²) in [7, 11) is 1.62. The maximum Gasteiger partial charge on any atom is 0.407 e. The number of carboxylic acid groups (broad SMARTS) is 1. The maximum atomic E-state index is 12.3. The van der Waals surface area contributed by atoms with Gasteiger partial charge in [-0.1, -0.05) is 41.9 Å². The number of hydrogen-bond donors (Lipinski definition) is 1. The van der Waals surface area contributed by atoms with Gasteiger partial charge in [0.05, 0.1) is 12.1 Å². The van der Waals surface area contributed by atoms with Crippen molar-refractivity contribution in [1.82, 2.24) is 19.3 Å². The molecule has 3 heterocycles. The maximum absolute atomic E-state index is 12.3. The fourth-order valence-corrected chi connectivity index (χ4v) is 5.39. The van der Waals surface area contributed by atoms with Crippen molar-refractivity contribution >= 4 is 39.1 Å². The predicted octanol–water partition coefficient (Wildman–Crippen LogP) is 4.63. The Morgan fingerprint density at radius 2 is 2.17 bits per heavy atom. The van der Waals surface area contributed by atoms with Crippen LogP contribution in [0.25, 0.3) is 5.52 Å². The Bertz CT molecular complexity index is 1060. The second-order valence-electron chi connectivity index (χ2n) is 7.65. The van der Waals surface area contributed by atoms with E-state index in [1.807, 2.05) is 34.7 Å². The van der Waals surface area contributed by atoms with Crippen LogP contribution in [0.5, 0.6) is 0 Å². The molecule has 1 amide bonds. The van der Waals surface area contributed by atoms with E-state index in [2.05, 4.69) is 25.9 Å². The van der Waals surface area contributed by atoms with Gasteiger partial charge < -0.3 is 9.84 Å². The molecular formula is C21H22BrClN4O3. The van der Waals surface area contributed by atoms with Crippen LogP contribution in [0.3, 0.4) is 0 Å². The number of rotatable bonds is 5. The number of carbonyl (C=O) groups is 1. The molecule has 1 aliphatic heterocycles. The summed E-state index contributed by atoms with van der Waals surface area (Å²) in [6, 6.07) is 9.95. The molecule has 0 radical (unpaired) electrons. The Kier molecular flexibility index (Phi) is 5.99. The topological polar surface area (TPSA) is 80.0 Å². The molecule has 1 fully saturated rings. The average molecular weight is 494 g/mol. The Hall–Kier alpha value is -2.16. The molecule has 2 aromatic heterocycles. The molecule has 9 heteroatoms. The van der Waals surface area contributed by atoms with Gasteiger partial charge in [-0.05, 0) is 40.8 Å². The number of fused-ring (bicyclic) bond motifs is 1. The van der Waals surface area contributed by atoms with Crippen molar-refractivity contribution in [2.24, 2.45) is 0 Å². The van der Waals surface area contributed by atoms with E-state index >= 15 is 0 Å². The van der Waals surface area contributed by atoms with Crippen LogP contribution in [0.15, 0.2) is 47.3 Å². The quantitative estimate of drug-likeness (QED) is 0.560. The highest BCUT2D eigenvalue weighted by atomic mass is 79.9. The van der Waals surface area contributed by atoms with Crippen molar-refractivity contribution in [3.8, 4) is 0 Å². The first-order valence-corrected chi connectivity index (χ1v) is 10.8. The second-order valence-corrected chi connectivity index (χ2v) is 8.76. The van der Waals surface area contributed by atoms with Gasteiger partial charge in [0, 0.05) is 32.0 Å². The summed E-state index contributed by atoms with van der Waals surface area (Å²) in [4.78, 5) is 22.6. The Labute approximate surface area is 187 Å². The highest BCUT2D eigenvalue weighted by Crippen LogP contribution is 2.39. The fourth-order valence-electron chi connectivity index (χ4n) is 4.48. The summed E-state index contributed by atoms with van der Waals surface area (Å²) in [5.74, 6) is 0.706. The molecule has 7 nitrogen and oxygen atoms in total. The normalized spacial score (nSPS) is 21.8. The summed E-state index contributed by atoms with van der Waals surface area (Å²) >= 11 is 9.71. The average Bonchev–Trinajstić information content (AvgIpc) is 3.07. The number of methoxy groups -OCH3 is 1. The third-order valence-corrected chi connectivity index (χ3v) is 6.64. The molecule has 1 N–H and O–H groups in total. The van der Waals surface area contributed by atoms with Gasteiger partial charge in [-0.25, -0.2) is 14.8 Å². The monoisotopic (exact) mass is 492 g/mol. The lowest BCUT2D eigenvalue weighted by Crippen LogP contribution is -2.59. The van der Waals surface area contributed by atoms with Crippen molar-refractivity contribution in [2.45, 2.75) is 30.7 Å². The van der Waals surface area contributed by atoms with Crippen LogP contribution in [0.2, 0.25) is 5.15 Å². The van der Waals surface area contributed by atoms with E-state index in [1.54, 1.807) is 19.5 Å². The fraction of sp³-hybridized carbons (Fsp3) is 0.381. The van der Waals surface area contributed by atoms with Gasteiger partial charge in [0.25, 0.3) is 0 Å². The van der Waals surface area contributed by atoms with Crippen LogP contribution >= 0.6 is 27.5 Å². The van der Waals surface area contributed by atoms with Crippen molar-refractivity contribution in [3.05, 3.63) is 63.9 Å². The van der Waals surface area contributed by atoms with Crippen LogP contribution in [0.1, 0.15) is 30.1 Å². The van der Waals surface area contributed by atoms with E-state index in [9.17, 15) is 9.90 Å². The molecule has 0 unspecified atom stereocenters. The van der Waals surface area contributed by atoms with Crippen molar-refractivity contribution < 1.29 is 14.6 Å². The Morgan fingerprint density at radius 3 is 2.87 bits per heavy atom. The summed E-state index contributed by atoms with van der Waals surface area (Å²) in [5.41, 5.74) is 1.15. The molecule has 158 valence electrons. The number of piperidine rings is 1. The smallest absolute Gasteiger partial charge is 0.407 e. The summed E-state index contributed by atoms with van der Waals surface area (Å²) in [6.07, 6.45) is 4.52. The van der Waals surface area contributed by atoms with Gasteiger partial charge in [-0.15, -0.1) is 0 Å². The van der Waals surface area contributed by atoms with Crippen molar-refractivity contribution in [3.63, 3.8) is 0 Å². The minimum Gasteiger partial charge on any atom is -0.465 e.